The molecule has 0 bridgehead atoms. The lowest BCUT2D eigenvalue weighted by Crippen LogP contribution is -2.47. The molecule has 0 radical (unpaired) electrons. The number of hydrogen-bond donors (Lipinski definition) is 1. The number of halogens is 2. The van der Waals surface area contributed by atoms with Gasteiger partial charge in [-0.05, 0) is 11.6 Å². The number of hydrogen-bond acceptors (Lipinski definition) is 3. The fourth-order valence-electron chi connectivity index (χ4n) is 2.38. The Bertz CT molecular complexity index is 460. The Hall–Kier alpha value is -1.53. The van der Waals surface area contributed by atoms with Gasteiger partial charge in [0.1, 0.15) is 0 Å². The van der Waals surface area contributed by atoms with Gasteiger partial charge in [-0.3, -0.25) is 14.6 Å². The second-order valence-electron chi connectivity index (χ2n) is 4.99. The molecule has 1 saturated heterocycles. The Morgan fingerprint density at radius 3 is 2.45 bits per heavy atom. The molecule has 6 heteroatoms. The number of piperazine rings is 1. The van der Waals surface area contributed by atoms with E-state index in [1.165, 1.54) is 12.1 Å². The fraction of sp³-hybridized carbons (Fsp3) is 0.500. The molecule has 1 heterocycles. The first-order valence-corrected chi connectivity index (χ1v) is 6.58. The average Bonchev–Trinajstić information content (AvgIpc) is 2.41. The molecule has 0 spiro atoms. The van der Waals surface area contributed by atoms with Crippen LogP contribution in [0, 0.1) is 0 Å². The third kappa shape index (κ3) is 4.25. The summed E-state index contributed by atoms with van der Waals surface area (Å²) < 4.78 is 25.2. The molecule has 1 N–H and O–H groups in total. The first-order valence-electron chi connectivity index (χ1n) is 6.58. The molecule has 0 aliphatic carbocycles. The molecule has 1 aliphatic heterocycles. The highest BCUT2D eigenvalue weighted by Crippen LogP contribution is 2.20. The van der Waals surface area contributed by atoms with Crippen LogP contribution in [-0.2, 0) is 11.3 Å². The van der Waals surface area contributed by atoms with Gasteiger partial charge in [0, 0.05) is 38.3 Å². The molecule has 0 amide bonds. The van der Waals surface area contributed by atoms with Crippen LogP contribution in [0.2, 0.25) is 0 Å². The maximum atomic E-state index is 12.6. The SMILES string of the molecule is O=C(O)CN1CCN(Cc2cccc(C(F)F)c2)CC1. The lowest BCUT2D eigenvalue weighted by atomic mass is 10.1. The van der Waals surface area contributed by atoms with Crippen molar-refractivity contribution >= 4 is 5.97 Å². The third-order valence-corrected chi connectivity index (χ3v) is 3.43. The van der Waals surface area contributed by atoms with E-state index in [0.717, 1.165) is 18.7 Å². The molecule has 0 aromatic heterocycles. The minimum Gasteiger partial charge on any atom is -0.480 e. The van der Waals surface area contributed by atoms with Gasteiger partial charge in [0.25, 0.3) is 6.43 Å². The zero-order valence-corrected chi connectivity index (χ0v) is 11.1. The van der Waals surface area contributed by atoms with Crippen LogP contribution in [0.15, 0.2) is 24.3 Å². The van der Waals surface area contributed by atoms with Crippen molar-refractivity contribution in [3.8, 4) is 0 Å². The highest BCUT2D eigenvalue weighted by molar-refractivity contribution is 5.69. The molecule has 110 valence electrons. The number of benzene rings is 1. The molecule has 0 unspecified atom stereocenters. The normalized spacial score (nSPS) is 17.6. The first-order chi connectivity index (χ1) is 9.54. The van der Waals surface area contributed by atoms with E-state index < -0.39 is 12.4 Å². The molecule has 1 aromatic carbocycles. The average molecular weight is 284 g/mol. The molecule has 2 rings (SSSR count). The summed E-state index contributed by atoms with van der Waals surface area (Å²) in [5, 5.41) is 8.72. The van der Waals surface area contributed by atoms with Gasteiger partial charge < -0.3 is 5.11 Å². The summed E-state index contributed by atoms with van der Waals surface area (Å²) in [7, 11) is 0. The molecule has 1 fully saturated rings. The number of carboxylic acid groups (broad SMARTS) is 1. The van der Waals surface area contributed by atoms with Crippen LogP contribution >= 0.6 is 0 Å². The second-order valence-corrected chi connectivity index (χ2v) is 4.99. The summed E-state index contributed by atoms with van der Waals surface area (Å²) in [6, 6.07) is 6.46. The van der Waals surface area contributed by atoms with Gasteiger partial charge >= 0.3 is 5.97 Å². The quantitative estimate of drug-likeness (QED) is 0.896. The van der Waals surface area contributed by atoms with E-state index in [-0.39, 0.29) is 12.1 Å². The van der Waals surface area contributed by atoms with Crippen molar-refractivity contribution in [3.63, 3.8) is 0 Å². The lowest BCUT2D eigenvalue weighted by molar-refractivity contribution is -0.138. The number of aliphatic carboxylic acids is 1. The van der Waals surface area contributed by atoms with Crippen LogP contribution in [0.3, 0.4) is 0 Å². The van der Waals surface area contributed by atoms with Crippen LogP contribution in [0.25, 0.3) is 0 Å². The fourth-order valence-corrected chi connectivity index (χ4v) is 2.38. The zero-order chi connectivity index (χ0) is 14.5. The predicted molar refractivity (Wildman–Crippen MR) is 70.8 cm³/mol. The third-order valence-electron chi connectivity index (χ3n) is 3.43. The van der Waals surface area contributed by atoms with Crippen LogP contribution in [0.1, 0.15) is 17.6 Å². The second kappa shape index (κ2) is 6.76. The molecule has 20 heavy (non-hydrogen) atoms. The molecule has 1 aliphatic rings. The smallest absolute Gasteiger partial charge is 0.317 e. The van der Waals surface area contributed by atoms with E-state index in [4.69, 9.17) is 5.11 Å². The minimum atomic E-state index is -2.44. The van der Waals surface area contributed by atoms with Gasteiger partial charge in [-0.1, -0.05) is 18.2 Å². The van der Waals surface area contributed by atoms with E-state index in [1.807, 2.05) is 11.0 Å². The highest BCUT2D eigenvalue weighted by atomic mass is 19.3. The van der Waals surface area contributed by atoms with Crippen molar-refractivity contribution in [2.75, 3.05) is 32.7 Å². The van der Waals surface area contributed by atoms with E-state index in [2.05, 4.69) is 4.90 Å². The molecular formula is C14H18F2N2O2. The maximum absolute atomic E-state index is 12.6. The van der Waals surface area contributed by atoms with Crippen molar-refractivity contribution in [2.24, 2.45) is 0 Å². The Balaban J connectivity index is 1.86. The lowest BCUT2D eigenvalue weighted by Gasteiger charge is -2.33. The number of alkyl halides is 2. The van der Waals surface area contributed by atoms with Crippen LogP contribution < -0.4 is 0 Å². The van der Waals surface area contributed by atoms with Gasteiger partial charge in [-0.2, -0.15) is 0 Å². The van der Waals surface area contributed by atoms with Crippen LogP contribution in [0.4, 0.5) is 8.78 Å². The summed E-state index contributed by atoms with van der Waals surface area (Å²) in [5.74, 6) is -0.817. The van der Waals surface area contributed by atoms with E-state index in [9.17, 15) is 13.6 Å². The number of nitrogens with zero attached hydrogens (tertiary/aromatic N) is 2. The topological polar surface area (TPSA) is 43.8 Å². The van der Waals surface area contributed by atoms with Crippen LogP contribution in [0.5, 0.6) is 0 Å². The van der Waals surface area contributed by atoms with Crippen molar-refractivity contribution in [1.82, 2.24) is 9.80 Å². The van der Waals surface area contributed by atoms with Crippen molar-refractivity contribution in [1.29, 1.82) is 0 Å². The number of rotatable bonds is 5. The van der Waals surface area contributed by atoms with Crippen LogP contribution in [-0.4, -0.2) is 53.6 Å². The van der Waals surface area contributed by atoms with E-state index in [0.29, 0.717) is 19.6 Å². The molecule has 0 saturated carbocycles. The van der Waals surface area contributed by atoms with Gasteiger partial charge in [0.05, 0.1) is 6.54 Å². The van der Waals surface area contributed by atoms with Crippen molar-refractivity contribution in [2.45, 2.75) is 13.0 Å². The van der Waals surface area contributed by atoms with E-state index in [1.54, 1.807) is 6.07 Å². The standard InChI is InChI=1S/C14H18F2N2O2/c15-14(16)12-3-1-2-11(8-12)9-17-4-6-18(7-5-17)10-13(19)20/h1-3,8,14H,4-7,9-10H2,(H,19,20). The monoisotopic (exact) mass is 284 g/mol. The summed E-state index contributed by atoms with van der Waals surface area (Å²) in [6.45, 7) is 3.59. The van der Waals surface area contributed by atoms with Gasteiger partial charge in [-0.25, -0.2) is 8.78 Å². The summed E-state index contributed by atoms with van der Waals surface area (Å²) in [6.07, 6.45) is -2.44. The largest absolute Gasteiger partial charge is 0.480 e. The van der Waals surface area contributed by atoms with E-state index >= 15 is 0 Å². The zero-order valence-electron chi connectivity index (χ0n) is 11.1. The van der Waals surface area contributed by atoms with Gasteiger partial charge in [0.15, 0.2) is 0 Å². The van der Waals surface area contributed by atoms with Gasteiger partial charge in [0.2, 0.25) is 0 Å². The Morgan fingerprint density at radius 1 is 1.20 bits per heavy atom. The first kappa shape index (κ1) is 14.9. The molecule has 4 nitrogen and oxygen atoms in total. The minimum absolute atomic E-state index is 0.0482. The number of carbonyl (C=O) groups is 1. The summed E-state index contributed by atoms with van der Waals surface area (Å²) in [5.41, 5.74) is 0.918. The Labute approximate surface area is 116 Å². The molecular weight excluding hydrogens is 266 g/mol. The van der Waals surface area contributed by atoms with Crippen molar-refractivity contribution < 1.29 is 18.7 Å². The molecule has 1 aromatic rings. The predicted octanol–water partition coefficient (Wildman–Crippen LogP) is 1.83. The Kier molecular flexibility index (Phi) is 5.03. The highest BCUT2D eigenvalue weighted by Gasteiger charge is 2.18. The summed E-state index contributed by atoms with van der Waals surface area (Å²) in [4.78, 5) is 14.7. The maximum Gasteiger partial charge on any atom is 0.317 e. The number of carboxylic acids is 1. The summed E-state index contributed by atoms with van der Waals surface area (Å²) >= 11 is 0. The molecule has 0 atom stereocenters. The van der Waals surface area contributed by atoms with Gasteiger partial charge in [-0.15, -0.1) is 0 Å². The Morgan fingerprint density at radius 2 is 1.85 bits per heavy atom. The van der Waals surface area contributed by atoms with Crippen molar-refractivity contribution in [3.05, 3.63) is 35.4 Å².